The van der Waals surface area contributed by atoms with Gasteiger partial charge in [-0.15, -0.1) is 5.10 Å². The van der Waals surface area contributed by atoms with Crippen molar-refractivity contribution in [3.63, 3.8) is 0 Å². The lowest BCUT2D eigenvalue weighted by Gasteiger charge is -2.40. The van der Waals surface area contributed by atoms with Crippen molar-refractivity contribution in [1.29, 1.82) is 0 Å². The minimum atomic E-state index is -0.312. The number of aromatic nitrogens is 4. The molecule has 10 heteroatoms. The molecule has 0 N–H and O–H groups in total. The fraction of sp³-hybridized carbons (Fsp3) is 0.480. The van der Waals surface area contributed by atoms with Crippen LogP contribution >= 0.6 is 0 Å². The van der Waals surface area contributed by atoms with Gasteiger partial charge in [0, 0.05) is 31.9 Å². The number of tetrazole rings is 1. The first kappa shape index (κ1) is 24.7. The Bertz CT molecular complexity index is 1110. The van der Waals surface area contributed by atoms with Crippen LogP contribution in [-0.2, 0) is 5.54 Å². The zero-order valence-electron chi connectivity index (χ0n) is 21.2. The van der Waals surface area contributed by atoms with Gasteiger partial charge in [0.1, 0.15) is 5.82 Å². The number of piperazine rings is 1. The molecular formula is C25H33FN6O3. The van der Waals surface area contributed by atoms with E-state index < -0.39 is 0 Å². The lowest BCUT2D eigenvalue weighted by molar-refractivity contribution is 0.190. The van der Waals surface area contributed by atoms with Crippen LogP contribution in [-0.4, -0.2) is 72.6 Å². The Hall–Kier alpha value is -3.40. The summed E-state index contributed by atoms with van der Waals surface area (Å²) < 4.78 is 32.1. The molecule has 1 aliphatic heterocycles. The van der Waals surface area contributed by atoms with Crippen LogP contribution in [0.4, 0.5) is 10.1 Å². The summed E-state index contributed by atoms with van der Waals surface area (Å²) >= 11 is 0. The Balaban J connectivity index is 1.73. The molecule has 0 saturated carbocycles. The van der Waals surface area contributed by atoms with Crippen LogP contribution in [0.5, 0.6) is 17.2 Å². The van der Waals surface area contributed by atoms with Gasteiger partial charge in [-0.25, -0.2) is 9.07 Å². The third-order valence-corrected chi connectivity index (χ3v) is 6.25. The summed E-state index contributed by atoms with van der Waals surface area (Å²) in [5.74, 6) is 2.19. The molecule has 1 saturated heterocycles. The summed E-state index contributed by atoms with van der Waals surface area (Å²) in [6.07, 6.45) is 0. The van der Waals surface area contributed by atoms with E-state index >= 15 is 0 Å². The molecule has 1 fully saturated rings. The standard InChI is InChI=1S/C25H33FN6O3/c1-25(2,3)32-24(27-28-29-32)22(17-15-20(33-4)23(35-6)21(16-17)34-5)31-13-11-30(12-14-31)19-9-7-18(26)8-10-19/h7-10,15-16,22H,11-14H2,1-6H3/t22-/m0/s1. The van der Waals surface area contributed by atoms with E-state index in [1.807, 2.05) is 28.9 Å². The van der Waals surface area contributed by atoms with Crippen molar-refractivity contribution in [1.82, 2.24) is 25.1 Å². The molecule has 0 bridgehead atoms. The number of hydrogen-bond acceptors (Lipinski definition) is 8. The molecule has 1 atom stereocenters. The number of nitrogens with zero attached hydrogens (tertiary/aromatic N) is 6. The maximum absolute atomic E-state index is 13.4. The molecule has 1 aliphatic rings. The van der Waals surface area contributed by atoms with E-state index in [0.29, 0.717) is 17.2 Å². The first-order chi connectivity index (χ1) is 16.8. The van der Waals surface area contributed by atoms with Crippen LogP contribution < -0.4 is 19.1 Å². The SMILES string of the molecule is COc1cc([C@@H](c2nnnn2C(C)(C)C)N2CCN(c3ccc(F)cc3)CC2)cc(OC)c1OC. The summed E-state index contributed by atoms with van der Waals surface area (Å²) in [6.45, 7) is 9.31. The molecular weight excluding hydrogens is 451 g/mol. The molecule has 0 amide bonds. The number of halogens is 1. The summed E-state index contributed by atoms with van der Waals surface area (Å²) in [4.78, 5) is 4.61. The fourth-order valence-electron chi connectivity index (χ4n) is 4.51. The van der Waals surface area contributed by atoms with Gasteiger partial charge in [-0.1, -0.05) is 0 Å². The van der Waals surface area contributed by atoms with Gasteiger partial charge in [0.25, 0.3) is 0 Å². The minimum Gasteiger partial charge on any atom is -0.493 e. The van der Waals surface area contributed by atoms with Crippen molar-refractivity contribution in [2.24, 2.45) is 0 Å². The van der Waals surface area contributed by atoms with Gasteiger partial charge in [-0.2, -0.15) is 0 Å². The van der Waals surface area contributed by atoms with E-state index in [4.69, 9.17) is 14.2 Å². The maximum Gasteiger partial charge on any atom is 0.203 e. The van der Waals surface area contributed by atoms with Crippen molar-refractivity contribution in [2.75, 3.05) is 52.4 Å². The van der Waals surface area contributed by atoms with Crippen molar-refractivity contribution in [3.05, 3.63) is 53.6 Å². The maximum atomic E-state index is 13.4. The minimum absolute atomic E-state index is 0.233. The van der Waals surface area contributed by atoms with Crippen LogP contribution in [0.15, 0.2) is 36.4 Å². The van der Waals surface area contributed by atoms with Crippen LogP contribution in [0.1, 0.15) is 38.2 Å². The topological polar surface area (TPSA) is 77.8 Å². The fourth-order valence-corrected chi connectivity index (χ4v) is 4.51. The third kappa shape index (κ3) is 5.02. The van der Waals surface area contributed by atoms with E-state index in [0.717, 1.165) is 43.3 Å². The normalized spacial score (nSPS) is 15.7. The zero-order valence-corrected chi connectivity index (χ0v) is 21.2. The molecule has 2 aromatic carbocycles. The molecule has 0 aliphatic carbocycles. The first-order valence-electron chi connectivity index (χ1n) is 11.6. The van der Waals surface area contributed by atoms with Gasteiger partial charge >= 0.3 is 0 Å². The lowest BCUT2D eigenvalue weighted by atomic mass is 10.00. The Kier molecular flexibility index (Phi) is 7.11. The molecule has 0 radical (unpaired) electrons. The summed E-state index contributed by atoms with van der Waals surface area (Å²) in [5.41, 5.74) is 1.64. The zero-order chi connectivity index (χ0) is 25.2. The van der Waals surface area contributed by atoms with E-state index in [1.54, 1.807) is 21.3 Å². The Morgan fingerprint density at radius 1 is 0.886 bits per heavy atom. The molecule has 9 nitrogen and oxygen atoms in total. The second-order valence-corrected chi connectivity index (χ2v) is 9.48. The van der Waals surface area contributed by atoms with Gasteiger partial charge in [-0.05, 0) is 73.2 Å². The number of ether oxygens (including phenoxy) is 3. The highest BCUT2D eigenvalue weighted by atomic mass is 19.1. The second kappa shape index (κ2) is 10.1. The number of rotatable bonds is 7. The highest BCUT2D eigenvalue weighted by Gasteiger charge is 2.34. The monoisotopic (exact) mass is 484 g/mol. The molecule has 3 aromatic rings. The predicted molar refractivity (Wildman–Crippen MR) is 131 cm³/mol. The number of methoxy groups -OCH3 is 3. The third-order valence-electron chi connectivity index (χ3n) is 6.25. The van der Waals surface area contributed by atoms with Crippen LogP contribution in [0.3, 0.4) is 0 Å². The van der Waals surface area contributed by atoms with E-state index in [1.165, 1.54) is 12.1 Å². The highest BCUT2D eigenvalue weighted by molar-refractivity contribution is 5.55. The Morgan fingerprint density at radius 2 is 1.49 bits per heavy atom. The molecule has 0 spiro atoms. The van der Waals surface area contributed by atoms with E-state index in [-0.39, 0.29) is 17.4 Å². The first-order valence-corrected chi connectivity index (χ1v) is 11.6. The van der Waals surface area contributed by atoms with Crippen LogP contribution in [0.25, 0.3) is 0 Å². The van der Waals surface area contributed by atoms with Gasteiger partial charge in [0.2, 0.25) is 5.75 Å². The molecule has 4 rings (SSSR count). The molecule has 0 unspecified atom stereocenters. The summed E-state index contributed by atoms with van der Waals surface area (Å²) in [6, 6.07) is 10.3. The van der Waals surface area contributed by atoms with Gasteiger partial charge in [0.05, 0.1) is 32.9 Å². The lowest BCUT2D eigenvalue weighted by Crippen LogP contribution is -2.48. The van der Waals surface area contributed by atoms with Crippen LogP contribution in [0.2, 0.25) is 0 Å². The highest BCUT2D eigenvalue weighted by Crippen LogP contribution is 2.42. The number of anilines is 1. The Labute approximate surface area is 205 Å². The largest absolute Gasteiger partial charge is 0.493 e. The molecule has 35 heavy (non-hydrogen) atoms. The van der Waals surface area contributed by atoms with Crippen molar-refractivity contribution in [3.8, 4) is 17.2 Å². The van der Waals surface area contributed by atoms with Gasteiger partial charge in [0.15, 0.2) is 17.3 Å². The Morgan fingerprint density at radius 3 is 2.00 bits per heavy atom. The summed E-state index contributed by atoms with van der Waals surface area (Å²) in [5, 5.41) is 12.8. The van der Waals surface area contributed by atoms with Gasteiger partial charge < -0.3 is 19.1 Å². The van der Waals surface area contributed by atoms with E-state index in [2.05, 4.69) is 46.1 Å². The second-order valence-electron chi connectivity index (χ2n) is 9.48. The smallest absolute Gasteiger partial charge is 0.203 e. The van der Waals surface area contributed by atoms with E-state index in [9.17, 15) is 4.39 Å². The van der Waals surface area contributed by atoms with Crippen molar-refractivity contribution < 1.29 is 18.6 Å². The quantitative estimate of drug-likeness (QED) is 0.504. The molecule has 188 valence electrons. The molecule has 2 heterocycles. The summed E-state index contributed by atoms with van der Waals surface area (Å²) in [7, 11) is 4.81. The van der Waals surface area contributed by atoms with Crippen molar-refractivity contribution in [2.45, 2.75) is 32.4 Å². The number of hydrogen-bond donors (Lipinski definition) is 0. The molecule has 1 aromatic heterocycles. The van der Waals surface area contributed by atoms with Crippen LogP contribution in [0, 0.1) is 5.82 Å². The number of benzene rings is 2. The predicted octanol–water partition coefficient (Wildman–Crippen LogP) is 3.50. The average molecular weight is 485 g/mol. The van der Waals surface area contributed by atoms with Gasteiger partial charge in [-0.3, -0.25) is 4.90 Å². The average Bonchev–Trinajstić information content (AvgIpc) is 3.34. The van der Waals surface area contributed by atoms with Crippen molar-refractivity contribution >= 4 is 5.69 Å².